The third kappa shape index (κ3) is 1.96. The Bertz CT molecular complexity index is 259. The van der Waals surface area contributed by atoms with Crippen LogP contribution in [-0.4, -0.2) is 28.8 Å². The molecular weight excluding hydrogens is 186 g/mol. The average molecular weight is 209 g/mol. The number of nitrogens with zero attached hydrogens (tertiary/aromatic N) is 1. The third-order valence-corrected chi connectivity index (χ3v) is 4.44. The van der Waals surface area contributed by atoms with E-state index in [0.717, 1.165) is 25.2 Å². The Kier molecular flexibility index (Phi) is 2.89. The van der Waals surface area contributed by atoms with Crippen LogP contribution < -0.4 is 0 Å². The second kappa shape index (κ2) is 3.89. The molecule has 0 spiro atoms. The monoisotopic (exact) mass is 209 g/mol. The maximum atomic E-state index is 11.6. The molecule has 2 aliphatic rings. The van der Waals surface area contributed by atoms with Crippen molar-refractivity contribution >= 4 is 5.78 Å². The van der Waals surface area contributed by atoms with E-state index in [-0.39, 0.29) is 0 Å². The molecule has 1 heterocycles. The summed E-state index contributed by atoms with van der Waals surface area (Å²) in [7, 11) is 0. The summed E-state index contributed by atoms with van der Waals surface area (Å²) in [4.78, 5) is 14.1. The number of rotatable bonds is 2. The molecule has 2 atom stereocenters. The molecule has 15 heavy (non-hydrogen) atoms. The topological polar surface area (TPSA) is 20.3 Å². The maximum absolute atomic E-state index is 11.6. The molecule has 2 rings (SSSR count). The molecule has 86 valence electrons. The highest BCUT2D eigenvalue weighted by molar-refractivity contribution is 5.79. The lowest BCUT2D eigenvalue weighted by atomic mass is 9.76. The molecule has 0 aromatic rings. The number of likely N-dealkylation sites (tertiary alicyclic amines) is 1. The number of carbonyl (C=O) groups is 1. The fraction of sp³-hybridized carbons (Fsp3) is 0.923. The van der Waals surface area contributed by atoms with Gasteiger partial charge in [-0.2, -0.15) is 0 Å². The normalized spacial score (nSPS) is 36.3. The zero-order valence-electron chi connectivity index (χ0n) is 10.3. The van der Waals surface area contributed by atoms with E-state index in [4.69, 9.17) is 0 Å². The Morgan fingerprint density at radius 3 is 2.67 bits per heavy atom. The van der Waals surface area contributed by atoms with Crippen LogP contribution in [0.25, 0.3) is 0 Å². The minimum absolute atomic E-state index is 0.343. The van der Waals surface area contributed by atoms with Crippen LogP contribution in [0.15, 0.2) is 0 Å². The van der Waals surface area contributed by atoms with E-state index < -0.39 is 0 Å². The molecule has 2 fully saturated rings. The van der Waals surface area contributed by atoms with Crippen molar-refractivity contribution in [3.05, 3.63) is 0 Å². The molecular formula is C13H23NO. The molecule has 0 radical (unpaired) electrons. The number of Topliss-reactive ketones (excluding diaryl/α,β-unsaturated/α-hetero) is 1. The van der Waals surface area contributed by atoms with Crippen LogP contribution in [0.2, 0.25) is 0 Å². The van der Waals surface area contributed by atoms with Gasteiger partial charge in [0.25, 0.3) is 0 Å². The van der Waals surface area contributed by atoms with Gasteiger partial charge in [-0.1, -0.05) is 13.3 Å². The molecule has 1 saturated heterocycles. The average Bonchev–Trinajstić information content (AvgIpc) is 2.17. The molecule has 2 heteroatoms. The lowest BCUT2D eigenvalue weighted by Crippen LogP contribution is -2.62. The van der Waals surface area contributed by atoms with Gasteiger partial charge < -0.3 is 0 Å². The Morgan fingerprint density at radius 2 is 2.20 bits per heavy atom. The van der Waals surface area contributed by atoms with Crippen LogP contribution in [0.5, 0.6) is 0 Å². The summed E-state index contributed by atoms with van der Waals surface area (Å²) in [5.74, 6) is 1.23. The molecule has 0 aromatic heterocycles. The van der Waals surface area contributed by atoms with Gasteiger partial charge in [-0.15, -0.1) is 0 Å². The summed E-state index contributed by atoms with van der Waals surface area (Å²) in [6.07, 6.45) is 5.26. The largest absolute Gasteiger partial charge is 0.300 e. The predicted octanol–water partition coefficient (Wildman–Crippen LogP) is 2.62. The van der Waals surface area contributed by atoms with E-state index >= 15 is 0 Å². The Labute approximate surface area is 93.0 Å². The second-order valence-corrected chi connectivity index (χ2v) is 5.77. The van der Waals surface area contributed by atoms with Gasteiger partial charge in [0.15, 0.2) is 0 Å². The van der Waals surface area contributed by atoms with Crippen molar-refractivity contribution in [2.45, 2.75) is 64.5 Å². The van der Waals surface area contributed by atoms with Crippen LogP contribution in [0.1, 0.15) is 52.9 Å². The van der Waals surface area contributed by atoms with Crippen molar-refractivity contribution in [2.75, 3.05) is 6.54 Å². The standard InChI is InChI=1S/C13H23NO/c1-4-10-5-6-11(15)9-12(10)14-8-7-13(14,2)3/h10,12H,4-9H2,1-3H3. The zero-order chi connectivity index (χ0) is 11.1. The summed E-state index contributed by atoms with van der Waals surface area (Å²) in [5.41, 5.74) is 0.343. The Hall–Kier alpha value is -0.370. The summed E-state index contributed by atoms with van der Waals surface area (Å²) >= 11 is 0. The highest BCUT2D eigenvalue weighted by atomic mass is 16.1. The predicted molar refractivity (Wildman–Crippen MR) is 61.8 cm³/mol. The van der Waals surface area contributed by atoms with Crippen molar-refractivity contribution in [3.63, 3.8) is 0 Å². The summed E-state index contributed by atoms with van der Waals surface area (Å²) < 4.78 is 0. The van der Waals surface area contributed by atoms with Gasteiger partial charge in [0, 0.05) is 31.0 Å². The van der Waals surface area contributed by atoms with Crippen molar-refractivity contribution in [2.24, 2.45) is 5.92 Å². The Morgan fingerprint density at radius 1 is 1.47 bits per heavy atom. The first-order chi connectivity index (χ1) is 7.04. The molecule has 0 aromatic carbocycles. The van der Waals surface area contributed by atoms with Crippen LogP contribution in [0, 0.1) is 5.92 Å². The van der Waals surface area contributed by atoms with Gasteiger partial charge >= 0.3 is 0 Å². The quantitative estimate of drug-likeness (QED) is 0.697. The molecule has 0 N–H and O–H groups in total. The highest BCUT2D eigenvalue weighted by Crippen LogP contribution is 2.39. The van der Waals surface area contributed by atoms with E-state index in [9.17, 15) is 4.79 Å². The summed E-state index contributed by atoms with van der Waals surface area (Å²) in [6.45, 7) is 8.08. The van der Waals surface area contributed by atoms with Crippen molar-refractivity contribution in [1.29, 1.82) is 0 Å². The number of hydrogen-bond donors (Lipinski definition) is 0. The molecule has 1 saturated carbocycles. The highest BCUT2D eigenvalue weighted by Gasteiger charge is 2.44. The van der Waals surface area contributed by atoms with Gasteiger partial charge in [0.1, 0.15) is 5.78 Å². The zero-order valence-corrected chi connectivity index (χ0v) is 10.3. The lowest BCUT2D eigenvalue weighted by molar-refractivity contribution is -0.128. The van der Waals surface area contributed by atoms with Crippen LogP contribution in [0.4, 0.5) is 0 Å². The first-order valence-electron chi connectivity index (χ1n) is 6.33. The summed E-state index contributed by atoms with van der Waals surface area (Å²) in [5, 5.41) is 0. The van der Waals surface area contributed by atoms with Crippen molar-refractivity contribution < 1.29 is 4.79 Å². The number of hydrogen-bond acceptors (Lipinski definition) is 2. The van der Waals surface area contributed by atoms with Gasteiger partial charge in [-0.25, -0.2) is 0 Å². The SMILES string of the molecule is CCC1CCC(=O)CC1N1CCC1(C)C. The van der Waals surface area contributed by atoms with E-state index in [2.05, 4.69) is 25.7 Å². The lowest BCUT2D eigenvalue weighted by Gasteiger charge is -2.55. The third-order valence-electron chi connectivity index (χ3n) is 4.44. The van der Waals surface area contributed by atoms with E-state index in [1.807, 2.05) is 0 Å². The van der Waals surface area contributed by atoms with Gasteiger partial charge in [0.05, 0.1) is 0 Å². The number of carbonyl (C=O) groups excluding carboxylic acids is 1. The smallest absolute Gasteiger partial charge is 0.134 e. The van der Waals surface area contributed by atoms with Gasteiger partial charge in [-0.05, 0) is 32.6 Å². The first kappa shape index (κ1) is 11.1. The van der Waals surface area contributed by atoms with Crippen LogP contribution >= 0.6 is 0 Å². The summed E-state index contributed by atoms with van der Waals surface area (Å²) in [6, 6.07) is 0.542. The fourth-order valence-electron chi connectivity index (χ4n) is 3.18. The molecule has 1 aliphatic heterocycles. The molecule has 2 nitrogen and oxygen atoms in total. The minimum Gasteiger partial charge on any atom is -0.300 e. The van der Waals surface area contributed by atoms with Crippen LogP contribution in [0.3, 0.4) is 0 Å². The van der Waals surface area contributed by atoms with Gasteiger partial charge in [-0.3, -0.25) is 9.69 Å². The van der Waals surface area contributed by atoms with Crippen LogP contribution in [-0.2, 0) is 4.79 Å². The van der Waals surface area contributed by atoms with Crippen molar-refractivity contribution in [3.8, 4) is 0 Å². The Balaban J connectivity index is 2.07. The molecule has 0 amide bonds. The molecule has 2 unspecified atom stereocenters. The number of ketones is 1. The first-order valence-corrected chi connectivity index (χ1v) is 6.33. The van der Waals surface area contributed by atoms with Crippen molar-refractivity contribution in [1.82, 2.24) is 4.90 Å². The van der Waals surface area contributed by atoms with E-state index in [1.165, 1.54) is 19.4 Å². The molecule has 1 aliphatic carbocycles. The molecule has 0 bridgehead atoms. The minimum atomic E-state index is 0.343. The maximum Gasteiger partial charge on any atom is 0.134 e. The second-order valence-electron chi connectivity index (χ2n) is 5.77. The van der Waals surface area contributed by atoms with E-state index in [0.29, 0.717) is 17.4 Å². The van der Waals surface area contributed by atoms with E-state index in [1.54, 1.807) is 0 Å². The fourth-order valence-corrected chi connectivity index (χ4v) is 3.18. The van der Waals surface area contributed by atoms with Gasteiger partial charge in [0.2, 0.25) is 0 Å².